The SMILES string of the molecule is CCCC1Cc2cc(OC)cc(OC)c2C(=O)O1. The number of carbonyl (C=O) groups excluding carboxylic acids is 1. The summed E-state index contributed by atoms with van der Waals surface area (Å²) in [7, 11) is 3.15. The Morgan fingerprint density at radius 2 is 2.11 bits per heavy atom. The third kappa shape index (κ3) is 2.28. The summed E-state index contributed by atoms with van der Waals surface area (Å²) in [5.74, 6) is 0.925. The summed E-state index contributed by atoms with van der Waals surface area (Å²) in [6.45, 7) is 2.08. The van der Waals surface area contributed by atoms with Gasteiger partial charge in [0.25, 0.3) is 0 Å². The Morgan fingerprint density at radius 3 is 2.72 bits per heavy atom. The first-order valence-corrected chi connectivity index (χ1v) is 6.15. The lowest BCUT2D eigenvalue weighted by Gasteiger charge is -2.26. The van der Waals surface area contributed by atoms with E-state index in [4.69, 9.17) is 14.2 Å². The van der Waals surface area contributed by atoms with E-state index in [2.05, 4.69) is 6.92 Å². The third-order valence-corrected chi connectivity index (χ3v) is 3.15. The van der Waals surface area contributed by atoms with Crippen molar-refractivity contribution >= 4 is 5.97 Å². The van der Waals surface area contributed by atoms with Gasteiger partial charge in [0.15, 0.2) is 0 Å². The van der Waals surface area contributed by atoms with Crippen molar-refractivity contribution in [2.45, 2.75) is 32.3 Å². The van der Waals surface area contributed by atoms with Crippen molar-refractivity contribution in [2.24, 2.45) is 0 Å². The molecule has 0 aliphatic carbocycles. The average molecular weight is 250 g/mol. The van der Waals surface area contributed by atoms with E-state index >= 15 is 0 Å². The molecule has 18 heavy (non-hydrogen) atoms. The number of methoxy groups -OCH3 is 2. The summed E-state index contributed by atoms with van der Waals surface area (Å²) in [5.41, 5.74) is 1.48. The molecule has 4 heteroatoms. The van der Waals surface area contributed by atoms with E-state index in [1.165, 1.54) is 0 Å². The lowest BCUT2D eigenvalue weighted by Crippen LogP contribution is -2.28. The first kappa shape index (κ1) is 12.7. The van der Waals surface area contributed by atoms with Gasteiger partial charge < -0.3 is 14.2 Å². The minimum absolute atomic E-state index is 0.0354. The van der Waals surface area contributed by atoms with Gasteiger partial charge in [-0.3, -0.25) is 0 Å². The first-order chi connectivity index (χ1) is 8.69. The number of benzene rings is 1. The number of hydrogen-bond donors (Lipinski definition) is 0. The van der Waals surface area contributed by atoms with Gasteiger partial charge in [0.05, 0.1) is 14.2 Å². The molecule has 0 radical (unpaired) electrons. The Bertz CT molecular complexity index is 453. The third-order valence-electron chi connectivity index (χ3n) is 3.15. The van der Waals surface area contributed by atoms with Crippen LogP contribution in [0.5, 0.6) is 11.5 Å². The molecule has 0 saturated carbocycles. The molecule has 1 aromatic rings. The molecule has 1 heterocycles. The Labute approximate surface area is 107 Å². The number of esters is 1. The molecule has 2 rings (SSSR count). The van der Waals surface area contributed by atoms with Crippen LogP contribution in [0.1, 0.15) is 35.7 Å². The van der Waals surface area contributed by atoms with Crippen LogP contribution in [0.4, 0.5) is 0 Å². The normalized spacial score (nSPS) is 17.9. The molecule has 4 nitrogen and oxygen atoms in total. The highest BCUT2D eigenvalue weighted by Gasteiger charge is 2.29. The van der Waals surface area contributed by atoms with E-state index < -0.39 is 0 Å². The maximum Gasteiger partial charge on any atom is 0.342 e. The van der Waals surface area contributed by atoms with Crippen LogP contribution in [-0.2, 0) is 11.2 Å². The molecule has 0 aromatic heterocycles. The van der Waals surface area contributed by atoms with Crippen molar-refractivity contribution in [1.29, 1.82) is 0 Å². The molecular weight excluding hydrogens is 232 g/mol. The molecule has 98 valence electrons. The number of rotatable bonds is 4. The summed E-state index contributed by atoms with van der Waals surface area (Å²) in [4.78, 5) is 12.0. The number of carbonyl (C=O) groups is 1. The second kappa shape index (κ2) is 5.29. The second-order valence-electron chi connectivity index (χ2n) is 4.38. The van der Waals surface area contributed by atoms with Gasteiger partial charge >= 0.3 is 5.97 Å². The van der Waals surface area contributed by atoms with Gasteiger partial charge in [-0.2, -0.15) is 0 Å². The van der Waals surface area contributed by atoms with Gasteiger partial charge in [-0.15, -0.1) is 0 Å². The van der Waals surface area contributed by atoms with Gasteiger partial charge in [-0.05, 0) is 18.1 Å². The second-order valence-corrected chi connectivity index (χ2v) is 4.38. The summed E-state index contributed by atoms with van der Waals surface area (Å²) in [6, 6.07) is 3.60. The molecule has 0 amide bonds. The smallest absolute Gasteiger partial charge is 0.342 e. The number of hydrogen-bond acceptors (Lipinski definition) is 4. The molecule has 0 saturated heterocycles. The number of cyclic esters (lactones) is 1. The molecule has 1 atom stereocenters. The van der Waals surface area contributed by atoms with Crippen LogP contribution in [0.15, 0.2) is 12.1 Å². The zero-order chi connectivity index (χ0) is 13.1. The molecular formula is C14H18O4. The Morgan fingerprint density at radius 1 is 1.33 bits per heavy atom. The van der Waals surface area contributed by atoms with E-state index in [9.17, 15) is 4.79 Å². The first-order valence-electron chi connectivity index (χ1n) is 6.15. The zero-order valence-corrected chi connectivity index (χ0v) is 11.0. The molecule has 1 unspecified atom stereocenters. The van der Waals surface area contributed by atoms with Crippen LogP contribution in [0.25, 0.3) is 0 Å². The Hall–Kier alpha value is -1.71. The van der Waals surface area contributed by atoms with E-state index in [-0.39, 0.29) is 12.1 Å². The van der Waals surface area contributed by atoms with Crippen molar-refractivity contribution in [1.82, 2.24) is 0 Å². The summed E-state index contributed by atoms with van der Waals surface area (Å²) < 4.78 is 15.9. The Balaban J connectivity index is 2.41. The van der Waals surface area contributed by atoms with Crippen LogP contribution in [0.3, 0.4) is 0 Å². The van der Waals surface area contributed by atoms with E-state index in [1.807, 2.05) is 6.07 Å². The fourth-order valence-corrected chi connectivity index (χ4v) is 2.30. The van der Waals surface area contributed by atoms with E-state index in [1.54, 1.807) is 20.3 Å². The maximum absolute atomic E-state index is 12.0. The van der Waals surface area contributed by atoms with Gasteiger partial charge in [0.2, 0.25) is 0 Å². The quantitative estimate of drug-likeness (QED) is 0.770. The monoisotopic (exact) mass is 250 g/mol. The van der Waals surface area contributed by atoms with Crippen LogP contribution in [0.2, 0.25) is 0 Å². The van der Waals surface area contributed by atoms with Gasteiger partial charge in [-0.25, -0.2) is 4.79 Å². The summed E-state index contributed by atoms with van der Waals surface area (Å²) >= 11 is 0. The topological polar surface area (TPSA) is 44.8 Å². The lowest BCUT2D eigenvalue weighted by atomic mass is 9.95. The van der Waals surface area contributed by atoms with Crippen molar-refractivity contribution in [3.05, 3.63) is 23.3 Å². The molecule has 1 aromatic carbocycles. The van der Waals surface area contributed by atoms with Crippen LogP contribution in [0, 0.1) is 0 Å². The van der Waals surface area contributed by atoms with Crippen molar-refractivity contribution in [3.8, 4) is 11.5 Å². The summed E-state index contributed by atoms with van der Waals surface area (Å²) in [6.07, 6.45) is 2.56. The predicted octanol–water partition coefficient (Wildman–Crippen LogP) is 2.59. The lowest BCUT2D eigenvalue weighted by molar-refractivity contribution is 0.0232. The highest BCUT2D eigenvalue weighted by atomic mass is 16.5. The molecule has 0 N–H and O–H groups in total. The highest BCUT2D eigenvalue weighted by molar-refractivity contribution is 5.95. The standard InChI is InChI=1S/C14H18O4/c1-4-5-10-6-9-7-11(16-2)8-12(17-3)13(9)14(15)18-10/h7-8,10H,4-6H2,1-3H3. The average Bonchev–Trinajstić information content (AvgIpc) is 2.37. The van der Waals surface area contributed by atoms with E-state index in [0.717, 1.165) is 24.8 Å². The van der Waals surface area contributed by atoms with Crippen molar-refractivity contribution in [3.63, 3.8) is 0 Å². The Kier molecular flexibility index (Phi) is 3.75. The maximum atomic E-state index is 12.0. The molecule has 0 spiro atoms. The molecule has 0 bridgehead atoms. The molecule has 0 fully saturated rings. The zero-order valence-electron chi connectivity index (χ0n) is 11.0. The fourth-order valence-electron chi connectivity index (χ4n) is 2.30. The van der Waals surface area contributed by atoms with Gasteiger partial charge in [0.1, 0.15) is 23.2 Å². The fraction of sp³-hybridized carbons (Fsp3) is 0.500. The molecule has 1 aliphatic rings. The minimum atomic E-state index is -0.297. The van der Waals surface area contributed by atoms with Crippen LogP contribution >= 0.6 is 0 Å². The summed E-state index contributed by atoms with van der Waals surface area (Å²) in [5, 5.41) is 0. The highest BCUT2D eigenvalue weighted by Crippen LogP contribution is 2.34. The van der Waals surface area contributed by atoms with Crippen molar-refractivity contribution < 1.29 is 19.0 Å². The number of ether oxygens (including phenoxy) is 3. The predicted molar refractivity (Wildman–Crippen MR) is 67.4 cm³/mol. The van der Waals surface area contributed by atoms with Crippen LogP contribution in [-0.4, -0.2) is 26.3 Å². The molecule has 1 aliphatic heterocycles. The van der Waals surface area contributed by atoms with Crippen LogP contribution < -0.4 is 9.47 Å². The minimum Gasteiger partial charge on any atom is -0.497 e. The van der Waals surface area contributed by atoms with Crippen molar-refractivity contribution in [2.75, 3.05) is 14.2 Å². The van der Waals surface area contributed by atoms with Gasteiger partial charge in [-0.1, -0.05) is 13.3 Å². The van der Waals surface area contributed by atoms with Gasteiger partial charge in [0, 0.05) is 12.5 Å². The number of fused-ring (bicyclic) bond motifs is 1. The van der Waals surface area contributed by atoms with E-state index in [0.29, 0.717) is 17.1 Å². The largest absolute Gasteiger partial charge is 0.497 e.